The van der Waals surface area contributed by atoms with Crippen LogP contribution in [0.15, 0.2) is 54.6 Å². The van der Waals surface area contributed by atoms with Crippen LogP contribution in [0, 0.1) is 0 Å². The van der Waals surface area contributed by atoms with E-state index in [9.17, 15) is 9.59 Å². The molecule has 5 nitrogen and oxygen atoms in total. The van der Waals surface area contributed by atoms with Crippen LogP contribution in [0.25, 0.3) is 6.08 Å². The van der Waals surface area contributed by atoms with Crippen molar-refractivity contribution in [2.75, 3.05) is 13.7 Å². The number of rotatable bonds is 7. The summed E-state index contributed by atoms with van der Waals surface area (Å²) in [6.45, 7) is 0.311. The highest BCUT2D eigenvalue weighted by Gasteiger charge is 2.22. The third-order valence-corrected chi connectivity index (χ3v) is 4.66. The third-order valence-electron chi connectivity index (χ3n) is 4.66. The van der Waals surface area contributed by atoms with Gasteiger partial charge in [0.25, 0.3) is 0 Å². The van der Waals surface area contributed by atoms with Crippen molar-refractivity contribution < 1.29 is 14.3 Å². The zero-order valence-corrected chi connectivity index (χ0v) is 15.4. The number of aryl methyl sites for hydroxylation is 1. The summed E-state index contributed by atoms with van der Waals surface area (Å²) in [6.07, 6.45) is 5.38. The maximum atomic E-state index is 12.1. The van der Waals surface area contributed by atoms with Crippen LogP contribution in [-0.2, 0) is 16.0 Å². The van der Waals surface area contributed by atoms with Crippen molar-refractivity contribution in [2.24, 2.45) is 0 Å². The summed E-state index contributed by atoms with van der Waals surface area (Å²) in [7, 11) is 1.61. The molecular formula is C22H24N2O3. The van der Waals surface area contributed by atoms with Crippen molar-refractivity contribution in [1.82, 2.24) is 10.6 Å². The Hall–Kier alpha value is -3.08. The Morgan fingerprint density at radius 3 is 2.70 bits per heavy atom. The number of methoxy groups -OCH3 is 1. The normalized spacial score (nSPS) is 15.4. The first-order chi connectivity index (χ1) is 13.2. The van der Waals surface area contributed by atoms with E-state index in [-0.39, 0.29) is 24.3 Å². The van der Waals surface area contributed by atoms with Gasteiger partial charge in [0, 0.05) is 19.0 Å². The van der Waals surface area contributed by atoms with Crippen LogP contribution in [0.1, 0.15) is 35.6 Å². The molecule has 2 aromatic rings. The molecule has 0 radical (unpaired) electrons. The van der Waals surface area contributed by atoms with E-state index in [0.717, 1.165) is 24.2 Å². The summed E-state index contributed by atoms with van der Waals surface area (Å²) in [5.74, 6) is 0.508. The van der Waals surface area contributed by atoms with Crippen molar-refractivity contribution >= 4 is 17.9 Å². The molecule has 0 heterocycles. The van der Waals surface area contributed by atoms with Gasteiger partial charge in [0.15, 0.2) is 0 Å². The van der Waals surface area contributed by atoms with Crippen LogP contribution < -0.4 is 15.4 Å². The number of nitrogens with one attached hydrogen (secondary N) is 2. The Balaban J connectivity index is 1.39. The van der Waals surface area contributed by atoms with Crippen molar-refractivity contribution in [1.29, 1.82) is 0 Å². The van der Waals surface area contributed by atoms with Gasteiger partial charge in [-0.1, -0.05) is 36.4 Å². The Bertz CT molecular complexity index is 828. The van der Waals surface area contributed by atoms with Crippen LogP contribution in [0.3, 0.4) is 0 Å². The summed E-state index contributed by atoms with van der Waals surface area (Å²) in [6, 6.07) is 15.7. The highest BCUT2D eigenvalue weighted by Crippen LogP contribution is 2.30. The predicted octanol–water partition coefficient (Wildman–Crippen LogP) is 3.02. The number of carbonyl (C=O) groups is 2. The molecule has 3 rings (SSSR count). The highest BCUT2D eigenvalue weighted by molar-refractivity contribution is 5.92. The monoisotopic (exact) mass is 364 g/mol. The minimum absolute atomic E-state index is 0.0452. The molecule has 2 N–H and O–H groups in total. The minimum atomic E-state index is -0.218. The van der Waals surface area contributed by atoms with Crippen molar-refractivity contribution in [3.8, 4) is 5.75 Å². The van der Waals surface area contributed by atoms with Crippen molar-refractivity contribution in [2.45, 2.75) is 25.3 Å². The molecule has 0 aromatic heterocycles. The second kappa shape index (κ2) is 9.03. The number of fused-ring (bicyclic) bond motifs is 1. The lowest BCUT2D eigenvalue weighted by molar-refractivity contribution is -0.122. The number of amides is 2. The first-order valence-corrected chi connectivity index (χ1v) is 9.13. The molecule has 0 saturated carbocycles. The maximum Gasteiger partial charge on any atom is 0.244 e. The number of ether oxygens (including phenoxy) is 1. The lowest BCUT2D eigenvalue weighted by Crippen LogP contribution is -2.31. The van der Waals surface area contributed by atoms with E-state index in [0.29, 0.717) is 6.54 Å². The maximum absolute atomic E-state index is 12.1. The average molecular weight is 364 g/mol. The van der Waals surface area contributed by atoms with Gasteiger partial charge in [-0.15, -0.1) is 0 Å². The lowest BCUT2D eigenvalue weighted by atomic mass is 10.1. The fraction of sp³-hybridized carbons (Fsp3) is 0.273. The van der Waals surface area contributed by atoms with Gasteiger partial charge in [0.2, 0.25) is 11.8 Å². The van der Waals surface area contributed by atoms with E-state index in [2.05, 4.69) is 22.8 Å². The zero-order valence-electron chi connectivity index (χ0n) is 15.4. The van der Waals surface area contributed by atoms with Crippen LogP contribution in [0.4, 0.5) is 0 Å². The highest BCUT2D eigenvalue weighted by atomic mass is 16.5. The molecule has 0 aliphatic heterocycles. The summed E-state index contributed by atoms with van der Waals surface area (Å²) >= 11 is 0. The first kappa shape index (κ1) is 18.7. The molecular weight excluding hydrogens is 340 g/mol. The fourth-order valence-electron chi connectivity index (χ4n) is 3.22. The van der Waals surface area contributed by atoms with Gasteiger partial charge in [-0.05, 0) is 47.7 Å². The van der Waals surface area contributed by atoms with Crippen LogP contribution in [0.2, 0.25) is 0 Å². The molecule has 0 spiro atoms. The molecule has 140 valence electrons. The van der Waals surface area contributed by atoms with Crippen LogP contribution in [0.5, 0.6) is 5.75 Å². The Morgan fingerprint density at radius 2 is 1.93 bits per heavy atom. The molecule has 1 unspecified atom stereocenters. The number of hydrogen-bond acceptors (Lipinski definition) is 3. The molecule has 0 bridgehead atoms. The standard InChI is InChI=1S/C22H24N2O3/c1-27-18-10-6-16(7-11-18)8-13-21(25)23-15-14-22(26)24-20-12-9-17-4-2-3-5-19(17)20/h2-8,10-11,13,20H,9,12,14-15H2,1H3,(H,23,25)(H,24,26). The quantitative estimate of drug-likeness (QED) is 0.742. The topological polar surface area (TPSA) is 67.4 Å². The second-order valence-electron chi connectivity index (χ2n) is 6.51. The molecule has 2 aromatic carbocycles. The van der Waals surface area contributed by atoms with E-state index in [1.165, 1.54) is 17.2 Å². The summed E-state index contributed by atoms with van der Waals surface area (Å²) in [5, 5.41) is 5.80. The van der Waals surface area contributed by atoms with Gasteiger partial charge in [0.1, 0.15) is 5.75 Å². The van der Waals surface area contributed by atoms with E-state index < -0.39 is 0 Å². The molecule has 5 heteroatoms. The third kappa shape index (κ3) is 5.20. The SMILES string of the molecule is COc1ccc(C=CC(=O)NCCC(=O)NC2CCc3ccccc32)cc1. The number of hydrogen-bond donors (Lipinski definition) is 2. The van der Waals surface area contributed by atoms with Crippen LogP contribution >= 0.6 is 0 Å². The molecule has 2 amide bonds. The van der Waals surface area contributed by atoms with Crippen LogP contribution in [-0.4, -0.2) is 25.5 Å². The Labute approximate surface area is 159 Å². The largest absolute Gasteiger partial charge is 0.497 e. The number of carbonyl (C=O) groups excluding carboxylic acids is 2. The second-order valence-corrected chi connectivity index (χ2v) is 6.51. The number of benzene rings is 2. The van der Waals surface area contributed by atoms with Gasteiger partial charge in [-0.3, -0.25) is 9.59 Å². The summed E-state index contributed by atoms with van der Waals surface area (Å²) in [5.41, 5.74) is 3.42. The van der Waals surface area contributed by atoms with E-state index in [4.69, 9.17) is 4.74 Å². The van der Waals surface area contributed by atoms with E-state index >= 15 is 0 Å². The zero-order chi connectivity index (χ0) is 19.1. The Morgan fingerprint density at radius 1 is 1.15 bits per heavy atom. The molecule has 0 saturated heterocycles. The van der Waals surface area contributed by atoms with Gasteiger partial charge in [-0.25, -0.2) is 0 Å². The van der Waals surface area contributed by atoms with E-state index in [1.807, 2.05) is 36.4 Å². The average Bonchev–Trinajstić information content (AvgIpc) is 3.09. The smallest absolute Gasteiger partial charge is 0.244 e. The predicted molar refractivity (Wildman–Crippen MR) is 105 cm³/mol. The van der Waals surface area contributed by atoms with Gasteiger partial charge >= 0.3 is 0 Å². The Kier molecular flexibility index (Phi) is 6.26. The summed E-state index contributed by atoms with van der Waals surface area (Å²) in [4.78, 5) is 24.0. The molecule has 1 atom stereocenters. The molecule has 1 aliphatic rings. The minimum Gasteiger partial charge on any atom is -0.497 e. The first-order valence-electron chi connectivity index (χ1n) is 9.13. The molecule has 1 aliphatic carbocycles. The van der Waals surface area contributed by atoms with E-state index in [1.54, 1.807) is 13.2 Å². The molecule has 27 heavy (non-hydrogen) atoms. The lowest BCUT2D eigenvalue weighted by Gasteiger charge is -2.14. The van der Waals surface area contributed by atoms with Crippen molar-refractivity contribution in [3.05, 3.63) is 71.3 Å². The van der Waals surface area contributed by atoms with Gasteiger partial charge < -0.3 is 15.4 Å². The summed E-state index contributed by atoms with van der Waals surface area (Å²) < 4.78 is 5.10. The van der Waals surface area contributed by atoms with Crippen molar-refractivity contribution in [3.63, 3.8) is 0 Å². The van der Waals surface area contributed by atoms with Gasteiger partial charge in [-0.2, -0.15) is 0 Å². The fourth-order valence-corrected chi connectivity index (χ4v) is 3.22. The van der Waals surface area contributed by atoms with Gasteiger partial charge in [0.05, 0.1) is 13.2 Å². The molecule has 0 fully saturated rings.